The minimum Gasteiger partial charge on any atom is -0.348 e. The van der Waals surface area contributed by atoms with Crippen molar-refractivity contribution >= 4 is 0 Å². The Kier molecular flexibility index (Phi) is 4.23. The topological polar surface area (TPSA) is 71.7 Å². The van der Waals surface area contributed by atoms with E-state index in [-0.39, 0.29) is 11.6 Å². The van der Waals surface area contributed by atoms with Crippen LogP contribution in [0.5, 0.6) is 0 Å². The Morgan fingerprint density at radius 3 is 2.88 bits per heavy atom. The number of nitrogens with zero attached hydrogens (tertiary/aromatic N) is 5. The zero-order valence-electron chi connectivity index (χ0n) is 14.3. The molecule has 4 rings (SSSR count). The number of benzene rings is 1. The molecule has 3 aromatic rings. The molecule has 0 aliphatic carbocycles. The first kappa shape index (κ1) is 15.8. The minimum atomic E-state index is -0.0932. The van der Waals surface area contributed by atoms with E-state index in [2.05, 4.69) is 20.0 Å². The average Bonchev–Trinajstić information content (AvgIpc) is 3.25. The molecule has 2 aromatic heterocycles. The molecule has 0 saturated carbocycles. The maximum Gasteiger partial charge on any atom is 0.350 e. The van der Waals surface area contributed by atoms with Crippen LogP contribution >= 0.6 is 0 Å². The van der Waals surface area contributed by atoms with Crippen molar-refractivity contribution in [1.29, 1.82) is 0 Å². The predicted octanol–water partition coefficient (Wildman–Crippen LogP) is 1.67. The molecule has 3 heterocycles. The average molecular weight is 338 g/mol. The van der Waals surface area contributed by atoms with Crippen molar-refractivity contribution in [3.63, 3.8) is 0 Å². The number of likely N-dealkylation sites (tertiary alicyclic amines) is 1. The summed E-state index contributed by atoms with van der Waals surface area (Å²) in [6.45, 7) is 2.72. The monoisotopic (exact) mass is 338 g/mol. The van der Waals surface area contributed by atoms with Crippen LogP contribution in [0.3, 0.4) is 0 Å². The maximum atomic E-state index is 12.6. The molecule has 1 atom stereocenters. The molecule has 25 heavy (non-hydrogen) atoms. The molecule has 1 aliphatic rings. The minimum absolute atomic E-state index is 0.0932. The zero-order chi connectivity index (χ0) is 17.2. The summed E-state index contributed by atoms with van der Waals surface area (Å²) in [5.41, 5.74) is 0.781. The summed E-state index contributed by atoms with van der Waals surface area (Å²) in [6.07, 6.45) is 5.76. The van der Waals surface area contributed by atoms with Gasteiger partial charge in [0.1, 0.15) is 11.6 Å². The fraction of sp³-hybridized carbons (Fsp3) is 0.389. The highest BCUT2D eigenvalue weighted by Crippen LogP contribution is 2.27. The summed E-state index contributed by atoms with van der Waals surface area (Å²) >= 11 is 0. The van der Waals surface area contributed by atoms with Crippen molar-refractivity contribution in [2.45, 2.75) is 25.3 Å². The van der Waals surface area contributed by atoms with Crippen molar-refractivity contribution in [1.82, 2.24) is 29.2 Å². The van der Waals surface area contributed by atoms with E-state index in [4.69, 9.17) is 0 Å². The predicted molar refractivity (Wildman–Crippen MR) is 94.6 cm³/mol. The van der Waals surface area contributed by atoms with Crippen molar-refractivity contribution in [2.24, 2.45) is 7.05 Å². The summed E-state index contributed by atoms with van der Waals surface area (Å²) < 4.78 is 3.19. The molecular weight excluding hydrogens is 316 g/mol. The third-order valence-electron chi connectivity index (χ3n) is 4.76. The van der Waals surface area contributed by atoms with E-state index in [0.29, 0.717) is 0 Å². The number of aromatic amines is 1. The van der Waals surface area contributed by atoms with Gasteiger partial charge in [0, 0.05) is 31.9 Å². The number of nitrogens with one attached hydrogen (secondary N) is 1. The molecule has 0 amide bonds. The van der Waals surface area contributed by atoms with Gasteiger partial charge in [-0.15, -0.1) is 0 Å². The van der Waals surface area contributed by atoms with Crippen molar-refractivity contribution in [3.05, 3.63) is 64.9 Å². The third-order valence-corrected chi connectivity index (χ3v) is 4.76. The fourth-order valence-corrected chi connectivity index (χ4v) is 3.57. The van der Waals surface area contributed by atoms with E-state index in [1.807, 2.05) is 36.5 Å². The lowest BCUT2D eigenvalue weighted by atomic mass is 9.97. The van der Waals surface area contributed by atoms with Crippen LogP contribution in [0.2, 0.25) is 0 Å². The number of H-pyrrole nitrogens is 1. The summed E-state index contributed by atoms with van der Waals surface area (Å²) in [6, 6.07) is 9.76. The van der Waals surface area contributed by atoms with E-state index in [1.54, 1.807) is 17.8 Å². The lowest BCUT2D eigenvalue weighted by Gasteiger charge is -2.31. The molecule has 130 valence electrons. The second-order valence-corrected chi connectivity index (χ2v) is 6.55. The van der Waals surface area contributed by atoms with Crippen molar-refractivity contribution in [3.8, 4) is 5.69 Å². The first-order chi connectivity index (χ1) is 12.2. The lowest BCUT2D eigenvalue weighted by molar-refractivity contribution is 0.191. The Hall–Kier alpha value is -2.67. The quantitative estimate of drug-likeness (QED) is 0.785. The Labute approximate surface area is 145 Å². The number of aryl methyl sites for hydroxylation is 1. The Balaban J connectivity index is 1.63. The van der Waals surface area contributed by atoms with Crippen LogP contribution in [0, 0.1) is 0 Å². The van der Waals surface area contributed by atoms with Gasteiger partial charge in [0.05, 0.1) is 12.2 Å². The number of hydrogen-bond donors (Lipinski definition) is 1. The summed E-state index contributed by atoms with van der Waals surface area (Å²) in [5.74, 6) is 2.06. The van der Waals surface area contributed by atoms with E-state index in [1.165, 1.54) is 4.68 Å². The molecule has 0 spiro atoms. The van der Waals surface area contributed by atoms with Crippen LogP contribution in [-0.2, 0) is 13.6 Å². The lowest BCUT2D eigenvalue weighted by Crippen LogP contribution is -2.35. The zero-order valence-corrected chi connectivity index (χ0v) is 14.3. The molecule has 0 unspecified atom stereocenters. The van der Waals surface area contributed by atoms with Gasteiger partial charge >= 0.3 is 5.69 Å². The fourth-order valence-electron chi connectivity index (χ4n) is 3.57. The molecule has 7 heteroatoms. The first-order valence-electron chi connectivity index (χ1n) is 8.64. The van der Waals surface area contributed by atoms with Crippen molar-refractivity contribution < 1.29 is 0 Å². The largest absolute Gasteiger partial charge is 0.350 e. The highest BCUT2D eigenvalue weighted by Gasteiger charge is 2.27. The van der Waals surface area contributed by atoms with Crippen molar-refractivity contribution in [2.75, 3.05) is 13.1 Å². The van der Waals surface area contributed by atoms with Gasteiger partial charge in [0.15, 0.2) is 0 Å². The van der Waals surface area contributed by atoms with Gasteiger partial charge in [-0.05, 0) is 31.5 Å². The summed E-state index contributed by atoms with van der Waals surface area (Å²) in [5, 5.41) is 4.56. The number of para-hydroxylation sites is 1. The molecule has 1 N–H and O–H groups in total. The van der Waals surface area contributed by atoms with E-state index in [0.717, 1.165) is 49.8 Å². The van der Waals surface area contributed by atoms with Gasteiger partial charge in [-0.25, -0.2) is 19.0 Å². The van der Waals surface area contributed by atoms with Gasteiger partial charge in [0.25, 0.3) is 0 Å². The Bertz CT molecular complexity index is 880. The van der Waals surface area contributed by atoms with Crippen LogP contribution in [-0.4, -0.2) is 42.3 Å². The number of imidazole rings is 1. The highest BCUT2D eigenvalue weighted by molar-refractivity contribution is 5.33. The molecule has 1 aliphatic heterocycles. The molecule has 1 fully saturated rings. The Morgan fingerprint density at radius 1 is 1.28 bits per heavy atom. The standard InChI is InChI=1S/C18H22N6O/c1-22-18(25)24(15-7-3-2-4-8-15)17(21-22)14-6-5-11-23(12-14)13-16-19-9-10-20-16/h2-4,7-10,14H,5-6,11-13H2,1H3,(H,19,20)/t14-/m0/s1. The SMILES string of the molecule is Cn1nc([C@H]2CCCN(Cc3ncc[nH]3)C2)n(-c2ccccc2)c1=O. The molecule has 0 bridgehead atoms. The molecular formula is C18H22N6O. The van der Waals surface area contributed by atoms with Crippen LogP contribution in [0.4, 0.5) is 0 Å². The van der Waals surface area contributed by atoms with Gasteiger partial charge in [0.2, 0.25) is 0 Å². The number of rotatable bonds is 4. The maximum absolute atomic E-state index is 12.6. The van der Waals surface area contributed by atoms with Crippen LogP contribution < -0.4 is 5.69 Å². The van der Waals surface area contributed by atoms with Crippen LogP contribution in [0.15, 0.2) is 47.5 Å². The van der Waals surface area contributed by atoms with E-state index in [9.17, 15) is 4.79 Å². The first-order valence-corrected chi connectivity index (χ1v) is 8.64. The third kappa shape index (κ3) is 3.15. The molecule has 1 saturated heterocycles. The normalized spacial score (nSPS) is 18.5. The Morgan fingerprint density at radius 2 is 2.12 bits per heavy atom. The van der Waals surface area contributed by atoms with Crippen LogP contribution in [0.25, 0.3) is 5.69 Å². The number of aromatic nitrogens is 5. The highest BCUT2D eigenvalue weighted by atomic mass is 16.2. The van der Waals surface area contributed by atoms with Gasteiger partial charge in [-0.1, -0.05) is 18.2 Å². The molecule has 0 radical (unpaired) electrons. The van der Waals surface area contributed by atoms with Crippen LogP contribution in [0.1, 0.15) is 30.4 Å². The van der Waals surface area contributed by atoms with Gasteiger partial charge in [-0.3, -0.25) is 4.90 Å². The summed E-state index contributed by atoms with van der Waals surface area (Å²) in [7, 11) is 1.72. The van der Waals surface area contributed by atoms with Gasteiger partial charge < -0.3 is 4.98 Å². The number of hydrogen-bond acceptors (Lipinski definition) is 4. The van der Waals surface area contributed by atoms with Gasteiger partial charge in [-0.2, -0.15) is 5.10 Å². The van der Waals surface area contributed by atoms with E-state index < -0.39 is 0 Å². The number of piperidine rings is 1. The second kappa shape index (κ2) is 6.68. The molecule has 7 nitrogen and oxygen atoms in total. The second-order valence-electron chi connectivity index (χ2n) is 6.55. The summed E-state index contributed by atoms with van der Waals surface area (Å²) in [4.78, 5) is 22.5. The van der Waals surface area contributed by atoms with E-state index >= 15 is 0 Å². The smallest absolute Gasteiger partial charge is 0.348 e. The molecule has 1 aromatic carbocycles.